The van der Waals surface area contributed by atoms with Crippen molar-refractivity contribution in [1.82, 2.24) is 5.32 Å². The number of nitrogens with one attached hydrogen (secondary N) is 1. The average molecular weight is 359 g/mol. The lowest BCUT2D eigenvalue weighted by atomic mass is 10.1. The summed E-state index contributed by atoms with van der Waals surface area (Å²) >= 11 is 0. The molecule has 1 N–H and O–H groups in total. The van der Waals surface area contributed by atoms with Gasteiger partial charge < -0.3 is 24.3 Å². The van der Waals surface area contributed by atoms with Crippen molar-refractivity contribution in [3.63, 3.8) is 0 Å². The Balaban J connectivity index is 1.68. The molecular weight excluding hydrogens is 334 g/mol. The average Bonchev–Trinajstić information content (AvgIpc) is 2.69. The molecule has 26 heavy (non-hydrogen) atoms. The zero-order valence-electron chi connectivity index (χ0n) is 15.4. The molecule has 0 saturated heterocycles. The largest absolute Gasteiger partial charge is 0.497 e. The van der Waals surface area contributed by atoms with Crippen LogP contribution in [0.2, 0.25) is 0 Å². The maximum atomic E-state index is 11.8. The highest BCUT2D eigenvalue weighted by Gasteiger charge is 2.06. The standard InChI is InChI=1S/C20H25NO5/c1-23-16-7-9-17(10-8-16)26-14-20(22)21-12-4-5-15-6-11-18(24-2)19(13-15)25-3/h6-11,13H,4-5,12,14H2,1-3H3,(H,21,22). The van der Waals surface area contributed by atoms with Crippen molar-refractivity contribution in [3.8, 4) is 23.0 Å². The van der Waals surface area contributed by atoms with Gasteiger partial charge >= 0.3 is 0 Å². The third-order valence-corrected chi connectivity index (χ3v) is 3.84. The smallest absolute Gasteiger partial charge is 0.257 e. The summed E-state index contributed by atoms with van der Waals surface area (Å²) in [7, 11) is 4.83. The molecule has 1 amide bonds. The van der Waals surface area contributed by atoms with Gasteiger partial charge in [-0.25, -0.2) is 0 Å². The van der Waals surface area contributed by atoms with Crippen molar-refractivity contribution >= 4 is 5.91 Å². The Morgan fingerprint density at radius 2 is 1.58 bits per heavy atom. The second-order valence-electron chi connectivity index (χ2n) is 5.61. The van der Waals surface area contributed by atoms with Gasteiger partial charge in [-0.1, -0.05) is 6.07 Å². The second-order valence-corrected chi connectivity index (χ2v) is 5.61. The molecule has 0 saturated carbocycles. The number of benzene rings is 2. The molecule has 0 aliphatic heterocycles. The summed E-state index contributed by atoms with van der Waals surface area (Å²) in [5, 5.41) is 2.85. The van der Waals surface area contributed by atoms with Crippen molar-refractivity contribution in [2.45, 2.75) is 12.8 Å². The maximum absolute atomic E-state index is 11.8. The lowest BCUT2D eigenvalue weighted by Crippen LogP contribution is -2.29. The normalized spacial score (nSPS) is 10.1. The van der Waals surface area contributed by atoms with Crippen molar-refractivity contribution in [2.24, 2.45) is 0 Å². The van der Waals surface area contributed by atoms with Crippen LogP contribution in [-0.2, 0) is 11.2 Å². The van der Waals surface area contributed by atoms with Gasteiger partial charge in [0, 0.05) is 6.54 Å². The summed E-state index contributed by atoms with van der Waals surface area (Å²) in [5.41, 5.74) is 1.13. The third-order valence-electron chi connectivity index (χ3n) is 3.84. The van der Waals surface area contributed by atoms with Gasteiger partial charge in [-0.15, -0.1) is 0 Å². The number of carbonyl (C=O) groups excluding carboxylic acids is 1. The van der Waals surface area contributed by atoms with Crippen LogP contribution in [0.5, 0.6) is 23.0 Å². The lowest BCUT2D eigenvalue weighted by molar-refractivity contribution is -0.123. The summed E-state index contributed by atoms with van der Waals surface area (Å²) in [6.07, 6.45) is 1.66. The number of amides is 1. The molecule has 6 heteroatoms. The van der Waals surface area contributed by atoms with Crippen LogP contribution in [0.15, 0.2) is 42.5 Å². The van der Waals surface area contributed by atoms with Crippen LogP contribution in [0, 0.1) is 0 Å². The van der Waals surface area contributed by atoms with Gasteiger partial charge in [-0.2, -0.15) is 0 Å². The number of hydrogen-bond donors (Lipinski definition) is 1. The molecule has 0 spiro atoms. The van der Waals surface area contributed by atoms with Gasteiger partial charge in [0.25, 0.3) is 5.91 Å². The minimum atomic E-state index is -0.145. The molecule has 0 aliphatic carbocycles. The van der Waals surface area contributed by atoms with Crippen molar-refractivity contribution in [3.05, 3.63) is 48.0 Å². The van der Waals surface area contributed by atoms with E-state index in [0.717, 1.165) is 24.2 Å². The van der Waals surface area contributed by atoms with Crippen molar-refractivity contribution in [2.75, 3.05) is 34.5 Å². The van der Waals surface area contributed by atoms with Gasteiger partial charge in [-0.05, 0) is 54.8 Å². The Labute approximate surface area is 154 Å². The highest BCUT2D eigenvalue weighted by atomic mass is 16.5. The Morgan fingerprint density at radius 1 is 0.885 bits per heavy atom. The number of hydrogen-bond acceptors (Lipinski definition) is 5. The Morgan fingerprint density at radius 3 is 2.23 bits per heavy atom. The zero-order valence-corrected chi connectivity index (χ0v) is 15.4. The van der Waals surface area contributed by atoms with Gasteiger partial charge in [0.15, 0.2) is 18.1 Å². The van der Waals surface area contributed by atoms with E-state index in [2.05, 4.69) is 5.32 Å². The van der Waals surface area contributed by atoms with E-state index >= 15 is 0 Å². The molecule has 0 atom stereocenters. The number of ether oxygens (including phenoxy) is 4. The van der Waals surface area contributed by atoms with E-state index in [0.29, 0.717) is 23.8 Å². The molecule has 140 valence electrons. The Hall–Kier alpha value is -2.89. The summed E-state index contributed by atoms with van der Waals surface area (Å²) in [6.45, 7) is 0.571. The number of carbonyl (C=O) groups is 1. The maximum Gasteiger partial charge on any atom is 0.257 e. The van der Waals surface area contributed by atoms with Crippen LogP contribution in [0.1, 0.15) is 12.0 Å². The summed E-state index contributed by atoms with van der Waals surface area (Å²) in [6, 6.07) is 12.9. The lowest BCUT2D eigenvalue weighted by Gasteiger charge is -2.10. The molecule has 2 aromatic rings. The molecular formula is C20H25NO5. The first-order valence-corrected chi connectivity index (χ1v) is 8.40. The number of aryl methyl sites for hydroxylation is 1. The van der Waals surface area contributed by atoms with E-state index in [-0.39, 0.29) is 12.5 Å². The fourth-order valence-electron chi connectivity index (χ4n) is 2.43. The highest BCUT2D eigenvalue weighted by molar-refractivity contribution is 5.77. The number of rotatable bonds is 10. The molecule has 0 fully saturated rings. The van der Waals surface area contributed by atoms with Crippen LogP contribution in [0.3, 0.4) is 0 Å². The zero-order chi connectivity index (χ0) is 18.8. The first-order chi connectivity index (χ1) is 12.7. The molecule has 0 aromatic heterocycles. The monoisotopic (exact) mass is 359 g/mol. The van der Waals surface area contributed by atoms with Crippen LogP contribution in [0.4, 0.5) is 0 Å². The molecule has 0 unspecified atom stereocenters. The summed E-state index contributed by atoms with van der Waals surface area (Å²) in [4.78, 5) is 11.8. The van der Waals surface area contributed by atoms with E-state index in [4.69, 9.17) is 18.9 Å². The van der Waals surface area contributed by atoms with Crippen LogP contribution in [0.25, 0.3) is 0 Å². The number of methoxy groups -OCH3 is 3. The second kappa shape index (κ2) is 10.2. The van der Waals surface area contributed by atoms with E-state index < -0.39 is 0 Å². The van der Waals surface area contributed by atoms with Crippen LogP contribution < -0.4 is 24.3 Å². The van der Waals surface area contributed by atoms with E-state index in [1.165, 1.54) is 0 Å². The fourth-order valence-corrected chi connectivity index (χ4v) is 2.43. The van der Waals surface area contributed by atoms with Gasteiger partial charge in [0.05, 0.1) is 21.3 Å². The molecule has 0 aliphatic rings. The minimum Gasteiger partial charge on any atom is -0.497 e. The fraction of sp³-hybridized carbons (Fsp3) is 0.350. The molecule has 6 nitrogen and oxygen atoms in total. The molecule has 2 rings (SSSR count). The first-order valence-electron chi connectivity index (χ1n) is 8.40. The topological polar surface area (TPSA) is 66.0 Å². The van der Waals surface area contributed by atoms with Crippen molar-refractivity contribution in [1.29, 1.82) is 0 Å². The van der Waals surface area contributed by atoms with Gasteiger partial charge in [0.2, 0.25) is 0 Å². The first kappa shape index (κ1) is 19.4. The molecule has 0 radical (unpaired) electrons. The highest BCUT2D eigenvalue weighted by Crippen LogP contribution is 2.27. The Bertz CT molecular complexity index is 700. The Kier molecular flexibility index (Phi) is 7.61. The van der Waals surface area contributed by atoms with E-state index in [9.17, 15) is 4.79 Å². The molecule has 0 bridgehead atoms. The predicted molar refractivity (Wildman–Crippen MR) is 99.4 cm³/mol. The SMILES string of the molecule is COc1ccc(OCC(=O)NCCCc2ccc(OC)c(OC)c2)cc1. The summed E-state index contributed by atoms with van der Waals surface area (Å²) in [5.74, 6) is 2.65. The third kappa shape index (κ3) is 5.88. The van der Waals surface area contributed by atoms with Crippen molar-refractivity contribution < 1.29 is 23.7 Å². The van der Waals surface area contributed by atoms with E-state index in [1.807, 2.05) is 18.2 Å². The van der Waals surface area contributed by atoms with E-state index in [1.54, 1.807) is 45.6 Å². The molecule has 2 aromatic carbocycles. The summed E-state index contributed by atoms with van der Waals surface area (Å²) < 4.78 is 21.0. The molecule has 0 heterocycles. The van der Waals surface area contributed by atoms with Crippen LogP contribution >= 0.6 is 0 Å². The van der Waals surface area contributed by atoms with Crippen LogP contribution in [-0.4, -0.2) is 40.4 Å². The van der Waals surface area contributed by atoms with Gasteiger partial charge in [0.1, 0.15) is 11.5 Å². The predicted octanol–water partition coefficient (Wildman–Crippen LogP) is 2.84. The van der Waals surface area contributed by atoms with Gasteiger partial charge in [-0.3, -0.25) is 4.79 Å². The minimum absolute atomic E-state index is 0.0112. The quantitative estimate of drug-likeness (QED) is 0.661.